The molecule has 1 heterocycles. The van der Waals surface area contributed by atoms with Gasteiger partial charge in [-0.05, 0) is 39.0 Å². The summed E-state index contributed by atoms with van der Waals surface area (Å²) in [6.45, 7) is 7.50. The monoisotopic (exact) mass is 234 g/mol. The van der Waals surface area contributed by atoms with E-state index in [-0.39, 0.29) is 0 Å². The van der Waals surface area contributed by atoms with Gasteiger partial charge in [-0.3, -0.25) is 0 Å². The summed E-state index contributed by atoms with van der Waals surface area (Å²) in [6, 6.07) is 6.17. The quantitative estimate of drug-likeness (QED) is 0.821. The Bertz CT molecular complexity index is 374. The highest BCUT2D eigenvalue weighted by Crippen LogP contribution is 2.11. The molecule has 17 heavy (non-hydrogen) atoms. The lowest BCUT2D eigenvalue weighted by molar-refractivity contribution is 0.397. The Labute approximate surface area is 104 Å². The van der Waals surface area contributed by atoms with E-state index in [1.807, 2.05) is 18.2 Å². The predicted molar refractivity (Wildman–Crippen MR) is 72.2 cm³/mol. The number of pyridine rings is 1. The molecule has 0 bridgehead atoms. The van der Waals surface area contributed by atoms with Crippen LogP contribution in [0.1, 0.15) is 32.9 Å². The molecule has 0 aromatic carbocycles. The molecule has 94 valence electrons. The summed E-state index contributed by atoms with van der Waals surface area (Å²) < 4.78 is 5.11. The number of nitrogens with zero attached hydrogens (tertiary/aromatic N) is 1. The number of hydrogen-bond donors (Lipinski definition) is 1. The standard InChI is InChI=1S/C14H22N2O/c1-5-9-15-12(3)11(2)10-13-7-6-8-14(16-13)17-4/h6-8,10,12,15H,5,9H2,1-4H3/b11-10+. The molecule has 0 spiro atoms. The Hall–Kier alpha value is -1.35. The maximum atomic E-state index is 5.11. The first-order valence-electron chi connectivity index (χ1n) is 6.10. The number of hydrogen-bond acceptors (Lipinski definition) is 3. The number of aromatic nitrogens is 1. The summed E-state index contributed by atoms with van der Waals surface area (Å²) in [5, 5.41) is 3.45. The molecular weight excluding hydrogens is 212 g/mol. The first-order chi connectivity index (χ1) is 8.17. The molecular formula is C14H22N2O. The number of methoxy groups -OCH3 is 1. The summed E-state index contributed by atoms with van der Waals surface area (Å²) in [4.78, 5) is 4.37. The van der Waals surface area contributed by atoms with Gasteiger partial charge in [0.05, 0.1) is 12.8 Å². The Morgan fingerprint density at radius 3 is 2.94 bits per heavy atom. The van der Waals surface area contributed by atoms with Gasteiger partial charge in [0.1, 0.15) is 0 Å². The molecule has 0 fully saturated rings. The lowest BCUT2D eigenvalue weighted by atomic mass is 10.1. The third-order valence-electron chi connectivity index (χ3n) is 2.71. The van der Waals surface area contributed by atoms with Crippen molar-refractivity contribution in [3.63, 3.8) is 0 Å². The van der Waals surface area contributed by atoms with E-state index >= 15 is 0 Å². The van der Waals surface area contributed by atoms with Crippen LogP contribution < -0.4 is 10.1 Å². The van der Waals surface area contributed by atoms with Crippen molar-refractivity contribution in [1.82, 2.24) is 10.3 Å². The average Bonchev–Trinajstić information content (AvgIpc) is 2.36. The topological polar surface area (TPSA) is 34.1 Å². The first kappa shape index (κ1) is 13.7. The van der Waals surface area contributed by atoms with Crippen molar-refractivity contribution < 1.29 is 4.74 Å². The van der Waals surface area contributed by atoms with E-state index in [1.165, 1.54) is 5.57 Å². The van der Waals surface area contributed by atoms with E-state index in [9.17, 15) is 0 Å². The minimum Gasteiger partial charge on any atom is -0.481 e. The van der Waals surface area contributed by atoms with E-state index < -0.39 is 0 Å². The van der Waals surface area contributed by atoms with Gasteiger partial charge in [-0.15, -0.1) is 0 Å². The van der Waals surface area contributed by atoms with Gasteiger partial charge in [-0.25, -0.2) is 4.98 Å². The summed E-state index contributed by atoms with van der Waals surface area (Å²) in [5.74, 6) is 0.653. The molecule has 0 aliphatic heterocycles. The van der Waals surface area contributed by atoms with Crippen LogP contribution in [0.4, 0.5) is 0 Å². The van der Waals surface area contributed by atoms with Crippen molar-refractivity contribution in [2.45, 2.75) is 33.2 Å². The zero-order valence-electron chi connectivity index (χ0n) is 11.2. The first-order valence-corrected chi connectivity index (χ1v) is 6.10. The maximum absolute atomic E-state index is 5.11. The average molecular weight is 234 g/mol. The maximum Gasteiger partial charge on any atom is 0.213 e. The minimum absolute atomic E-state index is 0.378. The zero-order chi connectivity index (χ0) is 12.7. The van der Waals surface area contributed by atoms with Crippen molar-refractivity contribution >= 4 is 6.08 Å². The van der Waals surface area contributed by atoms with Crippen LogP contribution in [0.5, 0.6) is 5.88 Å². The molecule has 3 heteroatoms. The van der Waals surface area contributed by atoms with Crippen LogP contribution in [-0.4, -0.2) is 24.7 Å². The molecule has 0 saturated carbocycles. The van der Waals surface area contributed by atoms with E-state index in [1.54, 1.807) is 7.11 Å². The lowest BCUT2D eigenvalue weighted by Crippen LogP contribution is -2.27. The fourth-order valence-corrected chi connectivity index (χ4v) is 1.50. The van der Waals surface area contributed by atoms with Gasteiger partial charge in [0, 0.05) is 12.1 Å². The van der Waals surface area contributed by atoms with Gasteiger partial charge >= 0.3 is 0 Å². The highest BCUT2D eigenvalue weighted by molar-refractivity contribution is 5.50. The molecule has 0 aliphatic carbocycles. The third kappa shape index (κ3) is 4.57. The van der Waals surface area contributed by atoms with Crippen molar-refractivity contribution in [2.75, 3.05) is 13.7 Å². The zero-order valence-corrected chi connectivity index (χ0v) is 11.2. The fourth-order valence-electron chi connectivity index (χ4n) is 1.50. The van der Waals surface area contributed by atoms with Crippen molar-refractivity contribution in [3.8, 4) is 5.88 Å². The second-order valence-electron chi connectivity index (χ2n) is 4.17. The predicted octanol–water partition coefficient (Wildman–Crippen LogP) is 2.88. The van der Waals surface area contributed by atoms with Crippen LogP contribution in [0.25, 0.3) is 6.08 Å². The largest absolute Gasteiger partial charge is 0.481 e. The highest BCUT2D eigenvalue weighted by atomic mass is 16.5. The smallest absolute Gasteiger partial charge is 0.213 e. The summed E-state index contributed by atoms with van der Waals surface area (Å²) in [6.07, 6.45) is 3.24. The second kappa shape index (κ2) is 7.07. The van der Waals surface area contributed by atoms with E-state index in [2.05, 4.69) is 37.1 Å². The van der Waals surface area contributed by atoms with Crippen molar-refractivity contribution in [1.29, 1.82) is 0 Å². The van der Waals surface area contributed by atoms with E-state index in [0.29, 0.717) is 11.9 Å². The Balaban J connectivity index is 2.72. The molecule has 1 rings (SSSR count). The van der Waals surface area contributed by atoms with Crippen LogP contribution in [0.2, 0.25) is 0 Å². The molecule has 0 amide bonds. The lowest BCUT2D eigenvalue weighted by Gasteiger charge is -2.13. The van der Waals surface area contributed by atoms with Crippen LogP contribution in [0.3, 0.4) is 0 Å². The molecule has 1 atom stereocenters. The Morgan fingerprint density at radius 2 is 2.29 bits per heavy atom. The minimum atomic E-state index is 0.378. The molecule has 1 aromatic heterocycles. The second-order valence-corrected chi connectivity index (χ2v) is 4.17. The fraction of sp³-hybridized carbons (Fsp3) is 0.500. The molecule has 3 nitrogen and oxygen atoms in total. The molecule has 0 saturated heterocycles. The molecule has 1 aromatic rings. The van der Waals surface area contributed by atoms with Crippen molar-refractivity contribution in [3.05, 3.63) is 29.5 Å². The van der Waals surface area contributed by atoms with Gasteiger partial charge in [0.15, 0.2) is 0 Å². The van der Waals surface area contributed by atoms with E-state index in [4.69, 9.17) is 4.74 Å². The van der Waals surface area contributed by atoms with Crippen LogP contribution in [-0.2, 0) is 0 Å². The molecule has 1 N–H and O–H groups in total. The molecule has 1 unspecified atom stereocenters. The van der Waals surface area contributed by atoms with E-state index in [0.717, 1.165) is 18.7 Å². The molecule has 0 radical (unpaired) electrons. The summed E-state index contributed by atoms with van der Waals surface area (Å²) >= 11 is 0. The van der Waals surface area contributed by atoms with Crippen molar-refractivity contribution in [2.24, 2.45) is 0 Å². The Morgan fingerprint density at radius 1 is 1.53 bits per heavy atom. The van der Waals surface area contributed by atoms with Gasteiger partial charge < -0.3 is 10.1 Å². The number of ether oxygens (including phenoxy) is 1. The summed E-state index contributed by atoms with van der Waals surface area (Å²) in [5.41, 5.74) is 2.21. The Kier molecular flexibility index (Phi) is 5.70. The summed E-state index contributed by atoms with van der Waals surface area (Å²) in [7, 11) is 1.63. The number of nitrogens with one attached hydrogen (secondary N) is 1. The normalized spacial score (nSPS) is 13.5. The van der Waals surface area contributed by atoms with Gasteiger partial charge in [0.25, 0.3) is 0 Å². The highest BCUT2D eigenvalue weighted by Gasteiger charge is 2.03. The van der Waals surface area contributed by atoms with Crippen LogP contribution in [0, 0.1) is 0 Å². The van der Waals surface area contributed by atoms with Crippen LogP contribution in [0.15, 0.2) is 23.8 Å². The van der Waals surface area contributed by atoms with Gasteiger partial charge in [-0.2, -0.15) is 0 Å². The number of rotatable bonds is 6. The third-order valence-corrected chi connectivity index (χ3v) is 2.71. The van der Waals surface area contributed by atoms with Gasteiger partial charge in [0.2, 0.25) is 5.88 Å². The van der Waals surface area contributed by atoms with Gasteiger partial charge in [-0.1, -0.05) is 18.6 Å². The molecule has 0 aliphatic rings. The van der Waals surface area contributed by atoms with Crippen LogP contribution >= 0.6 is 0 Å². The SMILES string of the molecule is CCCNC(C)/C(C)=C/c1cccc(OC)n1.